The number of rotatable bonds is 2. The minimum absolute atomic E-state index is 0.322. The molecule has 2 rings (SSSR count). The Kier molecular flexibility index (Phi) is 3.79. The quantitative estimate of drug-likeness (QED) is 0.779. The van der Waals surface area contributed by atoms with E-state index >= 15 is 0 Å². The zero-order chi connectivity index (χ0) is 11.7. The molecule has 0 saturated carbocycles. The van der Waals surface area contributed by atoms with Crippen LogP contribution in [0.15, 0.2) is 9.85 Å². The molecule has 3 nitrogen and oxygen atoms in total. The Labute approximate surface area is 115 Å². The Morgan fingerprint density at radius 1 is 1.25 bits per heavy atom. The number of halogens is 3. The van der Waals surface area contributed by atoms with E-state index in [-0.39, 0.29) is 0 Å². The van der Waals surface area contributed by atoms with Crippen LogP contribution in [0.3, 0.4) is 0 Å². The Morgan fingerprint density at radius 3 is 2.38 bits per heavy atom. The molecule has 0 radical (unpaired) electrons. The van der Waals surface area contributed by atoms with Crippen molar-refractivity contribution in [2.45, 2.75) is 13.3 Å². The molecule has 2 heterocycles. The smallest absolute Gasteiger partial charge is 0.148 e. The number of hydrogen-bond donors (Lipinski definition) is 0. The van der Waals surface area contributed by atoms with Crippen LogP contribution in [0.25, 0.3) is 0 Å². The first-order valence-electron chi connectivity index (χ1n) is 4.34. The van der Waals surface area contributed by atoms with Crippen molar-refractivity contribution in [2.24, 2.45) is 0 Å². The molecule has 0 aliphatic heterocycles. The van der Waals surface area contributed by atoms with Gasteiger partial charge >= 0.3 is 0 Å². The normalized spacial score (nSPS) is 10.8. The molecule has 2 aromatic rings. The molecule has 0 unspecified atom stereocenters. The van der Waals surface area contributed by atoms with E-state index in [0.717, 1.165) is 10.7 Å². The highest BCUT2D eigenvalue weighted by molar-refractivity contribution is 9.10. The van der Waals surface area contributed by atoms with Crippen molar-refractivity contribution < 1.29 is 0 Å². The summed E-state index contributed by atoms with van der Waals surface area (Å²) < 4.78 is 0.523. The molecular formula is C9H6BrCl2N3S. The van der Waals surface area contributed by atoms with Crippen LogP contribution < -0.4 is 0 Å². The van der Waals surface area contributed by atoms with Crippen molar-refractivity contribution in [3.8, 4) is 0 Å². The highest BCUT2D eigenvalue weighted by Gasteiger charge is 2.10. The highest BCUT2D eigenvalue weighted by Crippen LogP contribution is 2.27. The minimum atomic E-state index is 0.322. The number of nitrogens with zero attached hydrogens (tertiary/aromatic N) is 3. The van der Waals surface area contributed by atoms with Gasteiger partial charge in [0.25, 0.3) is 0 Å². The van der Waals surface area contributed by atoms with E-state index < -0.39 is 0 Å². The van der Waals surface area contributed by atoms with Crippen LogP contribution in [0.4, 0.5) is 0 Å². The van der Waals surface area contributed by atoms with E-state index in [9.17, 15) is 0 Å². The van der Waals surface area contributed by atoms with Crippen LogP contribution >= 0.6 is 50.5 Å². The van der Waals surface area contributed by atoms with Gasteiger partial charge in [-0.1, -0.05) is 23.2 Å². The molecule has 84 valence electrons. The second-order valence-electron chi connectivity index (χ2n) is 3.09. The lowest BCUT2D eigenvalue weighted by Gasteiger charge is -2.01. The minimum Gasteiger partial charge on any atom is -0.246 e. The molecule has 0 N–H and O–H groups in total. The van der Waals surface area contributed by atoms with Gasteiger partial charge in [-0.25, -0.2) is 15.0 Å². The van der Waals surface area contributed by atoms with Crippen molar-refractivity contribution in [3.05, 3.63) is 36.7 Å². The zero-order valence-electron chi connectivity index (χ0n) is 8.17. The molecule has 7 heteroatoms. The maximum Gasteiger partial charge on any atom is 0.148 e. The van der Waals surface area contributed by atoms with Gasteiger partial charge in [0.1, 0.15) is 21.1 Å². The van der Waals surface area contributed by atoms with E-state index in [4.69, 9.17) is 23.2 Å². The van der Waals surface area contributed by atoms with Crippen molar-refractivity contribution in [2.75, 3.05) is 0 Å². The van der Waals surface area contributed by atoms with E-state index in [2.05, 4.69) is 30.9 Å². The summed E-state index contributed by atoms with van der Waals surface area (Å²) >= 11 is 16.6. The third-order valence-corrected chi connectivity index (χ3v) is 4.51. The van der Waals surface area contributed by atoms with Crippen LogP contribution in [-0.2, 0) is 6.42 Å². The summed E-state index contributed by atoms with van der Waals surface area (Å²) in [5.41, 5.74) is 0.995. The number of thiazole rings is 1. The molecule has 0 aromatic carbocycles. The molecule has 16 heavy (non-hydrogen) atoms. The van der Waals surface area contributed by atoms with Crippen LogP contribution in [0.1, 0.15) is 16.5 Å². The number of aryl methyl sites for hydroxylation is 1. The predicted octanol–water partition coefficient (Wildman–Crippen LogP) is 3.90. The summed E-state index contributed by atoms with van der Waals surface area (Å²) in [6.07, 6.45) is 0.547. The third-order valence-electron chi connectivity index (χ3n) is 1.79. The fourth-order valence-electron chi connectivity index (χ4n) is 1.13. The maximum absolute atomic E-state index is 5.89. The highest BCUT2D eigenvalue weighted by atomic mass is 79.9. The van der Waals surface area contributed by atoms with Gasteiger partial charge in [0.05, 0.1) is 10.9 Å². The first-order chi connectivity index (χ1) is 7.56. The first-order valence-corrected chi connectivity index (χ1v) is 6.77. The third kappa shape index (κ3) is 2.71. The molecule has 0 aliphatic rings. The SMILES string of the molecule is Cc1csc(Cc2nc(Cl)c(Br)c(Cl)n2)n1. The molecule has 0 amide bonds. The van der Waals surface area contributed by atoms with Crippen molar-refractivity contribution in [3.63, 3.8) is 0 Å². The van der Waals surface area contributed by atoms with Crippen molar-refractivity contribution >= 4 is 50.5 Å². The summed E-state index contributed by atoms with van der Waals surface area (Å²) in [6, 6.07) is 0. The van der Waals surface area contributed by atoms with E-state index in [1.54, 1.807) is 11.3 Å². The van der Waals surface area contributed by atoms with Crippen molar-refractivity contribution in [1.82, 2.24) is 15.0 Å². The average molecular weight is 339 g/mol. The molecular weight excluding hydrogens is 333 g/mol. The lowest BCUT2D eigenvalue weighted by molar-refractivity contribution is 0.947. The summed E-state index contributed by atoms with van der Waals surface area (Å²) in [5, 5.41) is 3.58. The van der Waals surface area contributed by atoms with Gasteiger partial charge in [-0.05, 0) is 22.9 Å². The topological polar surface area (TPSA) is 38.7 Å². The number of aromatic nitrogens is 3. The fraction of sp³-hybridized carbons (Fsp3) is 0.222. The van der Waals surface area contributed by atoms with Gasteiger partial charge in [-0.2, -0.15) is 0 Å². The van der Waals surface area contributed by atoms with Gasteiger partial charge in [0, 0.05) is 11.1 Å². The lowest BCUT2D eigenvalue weighted by atomic mass is 10.4. The molecule has 2 aromatic heterocycles. The monoisotopic (exact) mass is 337 g/mol. The van der Waals surface area contributed by atoms with Crippen LogP contribution in [0.5, 0.6) is 0 Å². The van der Waals surface area contributed by atoms with Crippen LogP contribution in [0.2, 0.25) is 10.3 Å². The van der Waals surface area contributed by atoms with Crippen molar-refractivity contribution in [1.29, 1.82) is 0 Å². The number of hydrogen-bond acceptors (Lipinski definition) is 4. The maximum atomic E-state index is 5.89. The Bertz CT molecular complexity index is 506. The summed E-state index contributed by atoms with van der Waals surface area (Å²) in [4.78, 5) is 12.6. The second-order valence-corrected chi connectivity index (χ2v) is 5.55. The van der Waals surface area contributed by atoms with E-state index in [1.807, 2.05) is 12.3 Å². The largest absolute Gasteiger partial charge is 0.246 e. The average Bonchev–Trinajstić information content (AvgIpc) is 2.60. The van der Waals surface area contributed by atoms with Gasteiger partial charge < -0.3 is 0 Å². The fourth-order valence-corrected chi connectivity index (χ4v) is 2.50. The van der Waals surface area contributed by atoms with Gasteiger partial charge in [-0.15, -0.1) is 11.3 Å². The Balaban J connectivity index is 2.28. The molecule has 0 spiro atoms. The summed E-state index contributed by atoms with van der Waals surface area (Å²) in [6.45, 7) is 1.95. The standard InChI is InChI=1S/C9H6BrCl2N3S/c1-4-3-16-6(13-4)2-5-14-8(11)7(10)9(12)15-5/h3H,2H2,1H3. The van der Waals surface area contributed by atoms with E-state index in [0.29, 0.717) is 27.0 Å². The lowest BCUT2D eigenvalue weighted by Crippen LogP contribution is -1.98. The Morgan fingerprint density at radius 2 is 1.88 bits per heavy atom. The molecule has 0 atom stereocenters. The summed E-state index contributed by atoms with van der Waals surface area (Å²) in [7, 11) is 0. The first kappa shape index (κ1) is 12.2. The molecule has 0 bridgehead atoms. The summed E-state index contributed by atoms with van der Waals surface area (Å²) in [5.74, 6) is 0.576. The predicted molar refractivity (Wildman–Crippen MR) is 69.4 cm³/mol. The molecule has 0 saturated heterocycles. The molecule has 0 aliphatic carbocycles. The molecule has 0 fully saturated rings. The van der Waals surface area contributed by atoms with Crippen LogP contribution in [0, 0.1) is 6.92 Å². The van der Waals surface area contributed by atoms with E-state index in [1.165, 1.54) is 0 Å². The van der Waals surface area contributed by atoms with Crippen LogP contribution in [-0.4, -0.2) is 15.0 Å². The van der Waals surface area contributed by atoms with Gasteiger partial charge in [-0.3, -0.25) is 0 Å². The second kappa shape index (κ2) is 4.96. The zero-order valence-corrected chi connectivity index (χ0v) is 12.1. The Hall–Kier alpha value is -0.230. The van der Waals surface area contributed by atoms with Gasteiger partial charge in [0.2, 0.25) is 0 Å². The van der Waals surface area contributed by atoms with Gasteiger partial charge in [0.15, 0.2) is 0 Å².